The minimum Gasteiger partial charge on any atom is -0.394 e. The van der Waals surface area contributed by atoms with Crippen LogP contribution in [-0.4, -0.2) is 60.8 Å². The van der Waals surface area contributed by atoms with Crippen LogP contribution in [-0.2, 0) is 9.53 Å². The van der Waals surface area contributed by atoms with Gasteiger partial charge in [0.15, 0.2) is 0 Å². The molecule has 0 aromatic heterocycles. The summed E-state index contributed by atoms with van der Waals surface area (Å²) in [4.78, 5) is 13.0. The van der Waals surface area contributed by atoms with E-state index in [0.29, 0.717) is 12.4 Å². The third-order valence-corrected chi connectivity index (χ3v) is 2.88. The number of nitrogens with zero attached hydrogens (tertiary/aromatic N) is 1. The molecule has 1 unspecified atom stereocenters. The second-order valence-corrected chi connectivity index (χ2v) is 4.19. The monoisotopic (exact) mass is 221 g/mol. The lowest BCUT2D eigenvalue weighted by atomic mass is 10.3. The van der Waals surface area contributed by atoms with Crippen molar-refractivity contribution in [2.45, 2.75) is 13.0 Å². The number of ether oxygens (including phenoxy) is 1. The van der Waals surface area contributed by atoms with E-state index in [1.807, 2.05) is 6.92 Å². The lowest BCUT2D eigenvalue weighted by molar-refractivity contribution is -0.129. The van der Waals surface area contributed by atoms with Crippen molar-refractivity contribution in [1.82, 2.24) is 4.90 Å². The zero-order chi connectivity index (χ0) is 11.0. The van der Waals surface area contributed by atoms with E-state index < -0.39 is 0 Å². The maximum atomic E-state index is 11.5. The van der Waals surface area contributed by atoms with Gasteiger partial charge in [-0.15, -0.1) is 11.8 Å². The summed E-state index contributed by atoms with van der Waals surface area (Å²) >= 11 is 1.54. The van der Waals surface area contributed by atoms with Crippen molar-refractivity contribution in [3.05, 3.63) is 0 Å². The molecule has 1 N–H and O–H groups in total. The third kappa shape index (κ3) is 5.47. The van der Waals surface area contributed by atoms with Gasteiger partial charge >= 0.3 is 0 Å². The number of amides is 1. The van der Waals surface area contributed by atoms with E-state index in [2.05, 4.69) is 0 Å². The Morgan fingerprint density at radius 2 is 2.29 bits per heavy atom. The second-order valence-electron chi connectivity index (χ2n) is 3.08. The van der Waals surface area contributed by atoms with E-state index in [1.165, 1.54) is 0 Å². The van der Waals surface area contributed by atoms with Crippen LogP contribution in [0.3, 0.4) is 0 Å². The van der Waals surface area contributed by atoms with Crippen molar-refractivity contribution in [3.63, 3.8) is 0 Å². The van der Waals surface area contributed by atoms with E-state index in [-0.39, 0.29) is 18.6 Å². The van der Waals surface area contributed by atoms with Gasteiger partial charge in [0.1, 0.15) is 0 Å². The maximum Gasteiger partial charge on any atom is 0.232 e. The highest BCUT2D eigenvalue weighted by molar-refractivity contribution is 7.99. The molecular formula is C9H19NO3S. The van der Waals surface area contributed by atoms with Gasteiger partial charge in [0, 0.05) is 19.9 Å². The van der Waals surface area contributed by atoms with Gasteiger partial charge in [-0.3, -0.25) is 4.79 Å². The molecule has 0 saturated carbocycles. The first kappa shape index (κ1) is 13.7. The van der Waals surface area contributed by atoms with Crippen LogP contribution < -0.4 is 0 Å². The van der Waals surface area contributed by atoms with Crippen molar-refractivity contribution >= 4 is 17.7 Å². The summed E-state index contributed by atoms with van der Waals surface area (Å²) in [5, 5.41) is 8.84. The molecule has 0 aliphatic rings. The molecule has 84 valence electrons. The maximum absolute atomic E-state index is 11.5. The Kier molecular flexibility index (Phi) is 7.93. The molecule has 0 fully saturated rings. The number of carbonyl (C=O) groups is 1. The summed E-state index contributed by atoms with van der Waals surface area (Å²) in [5.74, 6) is 1.32. The molecule has 0 saturated heterocycles. The Balaban J connectivity index is 3.62. The van der Waals surface area contributed by atoms with E-state index in [4.69, 9.17) is 9.84 Å². The minimum absolute atomic E-state index is 0.00494. The predicted octanol–water partition coefficient (Wildman–Crippen LogP) is 0.205. The van der Waals surface area contributed by atoms with Gasteiger partial charge in [0.05, 0.1) is 25.0 Å². The molecule has 4 nitrogen and oxygen atoms in total. The van der Waals surface area contributed by atoms with Crippen molar-refractivity contribution < 1.29 is 14.6 Å². The number of carbonyl (C=O) groups excluding carboxylic acids is 1. The summed E-state index contributed by atoms with van der Waals surface area (Å²) in [7, 11) is 3.35. The Labute approximate surface area is 89.6 Å². The van der Waals surface area contributed by atoms with E-state index in [0.717, 1.165) is 5.75 Å². The number of likely N-dealkylation sites (N-methyl/N-ethyl adjacent to an activating group) is 1. The van der Waals surface area contributed by atoms with Crippen LogP contribution in [0.4, 0.5) is 0 Å². The molecular weight excluding hydrogens is 202 g/mol. The fraction of sp³-hybridized carbons (Fsp3) is 0.889. The van der Waals surface area contributed by atoms with Gasteiger partial charge in [0.2, 0.25) is 5.91 Å². The number of hydrogen-bond donors (Lipinski definition) is 1. The molecule has 0 heterocycles. The van der Waals surface area contributed by atoms with Crippen molar-refractivity contribution in [2.75, 3.05) is 38.9 Å². The molecule has 0 aliphatic carbocycles. The summed E-state index contributed by atoms with van der Waals surface area (Å²) in [6.45, 7) is 2.49. The average molecular weight is 221 g/mol. The summed E-state index contributed by atoms with van der Waals surface area (Å²) in [6, 6.07) is -0.106. The Hall–Kier alpha value is -0.260. The highest BCUT2D eigenvalue weighted by atomic mass is 32.2. The van der Waals surface area contributed by atoms with Gasteiger partial charge in [-0.25, -0.2) is 0 Å². The first-order valence-corrected chi connectivity index (χ1v) is 5.72. The summed E-state index contributed by atoms with van der Waals surface area (Å²) < 4.78 is 4.87. The van der Waals surface area contributed by atoms with Crippen LogP contribution in [0.5, 0.6) is 0 Å². The van der Waals surface area contributed by atoms with E-state index in [9.17, 15) is 4.79 Å². The van der Waals surface area contributed by atoms with Crippen LogP contribution >= 0.6 is 11.8 Å². The van der Waals surface area contributed by atoms with Gasteiger partial charge < -0.3 is 14.7 Å². The highest BCUT2D eigenvalue weighted by Gasteiger charge is 2.13. The predicted molar refractivity (Wildman–Crippen MR) is 58.5 cm³/mol. The molecule has 0 aromatic rings. The largest absolute Gasteiger partial charge is 0.394 e. The molecule has 0 bridgehead atoms. The number of hydrogen-bond acceptors (Lipinski definition) is 4. The fourth-order valence-electron chi connectivity index (χ4n) is 0.772. The normalized spacial score (nSPS) is 12.6. The van der Waals surface area contributed by atoms with Crippen molar-refractivity contribution in [1.29, 1.82) is 0 Å². The number of aliphatic hydroxyl groups is 1. The molecule has 0 aliphatic heterocycles. The number of aliphatic hydroxyl groups excluding tert-OH is 1. The molecule has 1 atom stereocenters. The number of rotatable bonds is 7. The lowest BCUT2D eigenvalue weighted by Gasteiger charge is -2.22. The van der Waals surface area contributed by atoms with Crippen molar-refractivity contribution in [2.24, 2.45) is 0 Å². The molecule has 5 heteroatoms. The quantitative estimate of drug-likeness (QED) is 0.624. The molecule has 0 spiro atoms. The van der Waals surface area contributed by atoms with Gasteiger partial charge in [-0.1, -0.05) is 0 Å². The average Bonchev–Trinajstić information content (AvgIpc) is 2.21. The fourth-order valence-corrected chi connectivity index (χ4v) is 1.58. The highest BCUT2D eigenvalue weighted by Crippen LogP contribution is 2.03. The van der Waals surface area contributed by atoms with Crippen LogP contribution in [0, 0.1) is 0 Å². The topological polar surface area (TPSA) is 49.8 Å². The van der Waals surface area contributed by atoms with Gasteiger partial charge in [-0.2, -0.15) is 0 Å². The lowest BCUT2D eigenvalue weighted by Crippen LogP contribution is -2.38. The van der Waals surface area contributed by atoms with Crippen LogP contribution in [0.15, 0.2) is 0 Å². The molecule has 0 aromatic carbocycles. The van der Waals surface area contributed by atoms with Crippen LogP contribution in [0.25, 0.3) is 0 Å². The Morgan fingerprint density at radius 3 is 2.79 bits per heavy atom. The smallest absolute Gasteiger partial charge is 0.232 e. The second kappa shape index (κ2) is 8.08. The molecule has 0 radical (unpaired) electrons. The zero-order valence-corrected chi connectivity index (χ0v) is 9.84. The Bertz CT molecular complexity index is 166. The third-order valence-electron chi connectivity index (χ3n) is 1.98. The number of methoxy groups -OCH3 is 1. The molecule has 1 amide bonds. The molecule has 14 heavy (non-hydrogen) atoms. The summed E-state index contributed by atoms with van der Waals surface area (Å²) in [5.41, 5.74) is 0. The van der Waals surface area contributed by atoms with Gasteiger partial charge in [-0.05, 0) is 6.92 Å². The number of thioether (sulfide) groups is 1. The SMILES string of the molecule is COCCSCC(=O)N(C)C(C)CO. The van der Waals surface area contributed by atoms with E-state index in [1.54, 1.807) is 30.8 Å². The molecule has 0 rings (SSSR count). The summed E-state index contributed by atoms with van der Waals surface area (Å²) in [6.07, 6.45) is 0. The van der Waals surface area contributed by atoms with Gasteiger partial charge in [0.25, 0.3) is 0 Å². The zero-order valence-electron chi connectivity index (χ0n) is 9.02. The van der Waals surface area contributed by atoms with Crippen LogP contribution in [0.2, 0.25) is 0 Å². The first-order chi connectivity index (χ1) is 6.63. The first-order valence-electron chi connectivity index (χ1n) is 4.56. The standard InChI is InChI=1S/C9H19NO3S/c1-8(6-11)10(2)9(12)7-14-5-4-13-3/h8,11H,4-7H2,1-3H3. The van der Waals surface area contributed by atoms with Crippen molar-refractivity contribution in [3.8, 4) is 0 Å². The van der Waals surface area contributed by atoms with Crippen LogP contribution in [0.1, 0.15) is 6.92 Å². The van der Waals surface area contributed by atoms with E-state index >= 15 is 0 Å². The Morgan fingerprint density at radius 1 is 1.64 bits per heavy atom. The minimum atomic E-state index is -0.106.